The Bertz CT molecular complexity index is 1500. The van der Waals surface area contributed by atoms with Gasteiger partial charge in [-0.05, 0) is 24.5 Å². The molecule has 0 radical (unpaired) electrons. The third-order valence-electron chi connectivity index (χ3n) is 6.56. The maximum atomic E-state index is 13.4. The van der Waals surface area contributed by atoms with Crippen LogP contribution in [0.3, 0.4) is 0 Å². The number of pyridine rings is 1. The normalized spacial score (nSPS) is 12.3. The molecule has 0 fully saturated rings. The lowest BCUT2D eigenvalue weighted by Gasteiger charge is -2.24. The number of carbonyl (C=O) groups is 2. The molecule has 0 spiro atoms. The molecule has 2 N–H and O–H groups in total. The van der Waals surface area contributed by atoms with E-state index in [-0.39, 0.29) is 32.6 Å². The van der Waals surface area contributed by atoms with E-state index in [2.05, 4.69) is 15.3 Å². The highest BCUT2D eigenvalue weighted by Crippen LogP contribution is 2.16. The number of aliphatic hydroxyl groups excluding tert-OH is 1. The van der Waals surface area contributed by atoms with Gasteiger partial charge in [-0.3, -0.25) is 19.0 Å². The minimum atomic E-state index is -1.47. The summed E-state index contributed by atoms with van der Waals surface area (Å²) in [6.07, 6.45) is 2.23. The fourth-order valence-electron chi connectivity index (χ4n) is 4.49. The number of methoxy groups -OCH3 is 1. The average Bonchev–Trinajstić information content (AvgIpc) is 3.02. The summed E-state index contributed by atoms with van der Waals surface area (Å²) < 4.78 is 12.0. The van der Waals surface area contributed by atoms with Gasteiger partial charge in [0.2, 0.25) is 11.8 Å². The molecule has 0 aliphatic heterocycles. The number of hydrogen-bond donors (Lipinski definition) is 2. The van der Waals surface area contributed by atoms with E-state index in [0.29, 0.717) is 29.3 Å². The third kappa shape index (κ3) is 8.42. The van der Waals surface area contributed by atoms with Crippen molar-refractivity contribution in [3.63, 3.8) is 0 Å². The Morgan fingerprint density at radius 3 is 2.38 bits per heavy atom. The second-order valence-electron chi connectivity index (χ2n) is 9.69. The van der Waals surface area contributed by atoms with Crippen LogP contribution in [-0.4, -0.2) is 57.2 Å². The predicted molar refractivity (Wildman–Crippen MR) is 157 cm³/mol. The van der Waals surface area contributed by atoms with Crippen LogP contribution in [0.15, 0.2) is 96.1 Å². The number of Topliss-reactive ketones (excluding diaryl/α,β-unsaturated/α-hetero) is 1. The first kappa shape index (κ1) is 30.3. The van der Waals surface area contributed by atoms with Crippen LogP contribution in [0, 0.1) is 0 Å². The van der Waals surface area contributed by atoms with Crippen molar-refractivity contribution in [2.75, 3.05) is 13.7 Å². The molecule has 1 amide bonds. The maximum Gasteiger partial charge on any atom is 0.259 e. The molecule has 4 aromatic rings. The molecule has 2 heterocycles. The number of amides is 1. The molecule has 218 valence electrons. The number of aliphatic hydroxyl groups is 1. The van der Waals surface area contributed by atoms with E-state index in [9.17, 15) is 19.5 Å². The van der Waals surface area contributed by atoms with Crippen LogP contribution in [0.1, 0.15) is 24.0 Å². The lowest BCUT2D eigenvalue weighted by molar-refractivity contribution is -0.130. The van der Waals surface area contributed by atoms with Crippen molar-refractivity contribution < 1.29 is 24.2 Å². The summed E-state index contributed by atoms with van der Waals surface area (Å²) in [7, 11) is 1.47. The molecule has 0 bridgehead atoms. The molecule has 42 heavy (non-hydrogen) atoms. The van der Waals surface area contributed by atoms with Gasteiger partial charge in [-0.1, -0.05) is 66.7 Å². The van der Waals surface area contributed by atoms with Gasteiger partial charge < -0.3 is 19.9 Å². The van der Waals surface area contributed by atoms with Crippen LogP contribution in [0.25, 0.3) is 11.4 Å². The first-order valence-corrected chi connectivity index (χ1v) is 13.7. The van der Waals surface area contributed by atoms with Crippen LogP contribution in [-0.2, 0) is 33.9 Å². The summed E-state index contributed by atoms with van der Waals surface area (Å²) in [6.45, 7) is -0.0741. The summed E-state index contributed by atoms with van der Waals surface area (Å²) in [5, 5.41) is 13.9. The molecular formula is C32H34N4O6. The van der Waals surface area contributed by atoms with Gasteiger partial charge in [0.1, 0.15) is 18.5 Å². The minimum absolute atomic E-state index is 0.0381. The predicted octanol–water partition coefficient (Wildman–Crippen LogP) is 2.97. The number of benzene rings is 2. The maximum absolute atomic E-state index is 13.4. The Kier molecular flexibility index (Phi) is 11.1. The topological polar surface area (TPSA) is 133 Å². The summed E-state index contributed by atoms with van der Waals surface area (Å²) >= 11 is 0. The lowest BCUT2D eigenvalue weighted by Crippen LogP contribution is -2.49. The van der Waals surface area contributed by atoms with E-state index >= 15 is 0 Å². The van der Waals surface area contributed by atoms with E-state index in [0.717, 1.165) is 5.56 Å². The van der Waals surface area contributed by atoms with Crippen molar-refractivity contribution in [2.24, 2.45) is 0 Å². The highest BCUT2D eigenvalue weighted by molar-refractivity contribution is 5.85. The zero-order chi connectivity index (χ0) is 29.7. The zero-order valence-corrected chi connectivity index (χ0v) is 23.4. The number of ether oxygens (including phenoxy) is 2. The number of nitrogens with zero attached hydrogens (tertiary/aromatic N) is 3. The summed E-state index contributed by atoms with van der Waals surface area (Å²) in [6, 6.07) is 22.7. The third-order valence-corrected chi connectivity index (χ3v) is 6.56. The van der Waals surface area contributed by atoms with Crippen molar-refractivity contribution in [2.45, 2.75) is 44.6 Å². The summed E-state index contributed by atoms with van der Waals surface area (Å²) in [4.78, 5) is 48.2. The van der Waals surface area contributed by atoms with Crippen molar-refractivity contribution in [1.29, 1.82) is 0 Å². The van der Waals surface area contributed by atoms with Crippen LogP contribution in [0.2, 0.25) is 0 Å². The van der Waals surface area contributed by atoms with Gasteiger partial charge in [-0.15, -0.1) is 0 Å². The molecule has 0 saturated heterocycles. The Balaban J connectivity index is 1.49. The first-order chi connectivity index (χ1) is 20.5. The van der Waals surface area contributed by atoms with Crippen LogP contribution >= 0.6 is 0 Å². The van der Waals surface area contributed by atoms with Crippen molar-refractivity contribution >= 4 is 11.7 Å². The number of nitrogens with one attached hydrogen (secondary N) is 1. The monoisotopic (exact) mass is 570 g/mol. The fourth-order valence-corrected chi connectivity index (χ4v) is 4.49. The quantitative estimate of drug-likeness (QED) is 0.209. The van der Waals surface area contributed by atoms with Crippen molar-refractivity contribution in [3.05, 3.63) is 113 Å². The minimum Gasteiger partial charge on any atom is -0.478 e. The average molecular weight is 571 g/mol. The van der Waals surface area contributed by atoms with Gasteiger partial charge in [-0.2, -0.15) is 0 Å². The number of carbonyl (C=O) groups excluding carboxylic acids is 2. The Hall–Kier alpha value is -4.67. The van der Waals surface area contributed by atoms with Crippen molar-refractivity contribution in [3.8, 4) is 17.3 Å². The van der Waals surface area contributed by atoms with E-state index in [4.69, 9.17) is 9.47 Å². The second kappa shape index (κ2) is 15.4. The highest BCUT2D eigenvalue weighted by Gasteiger charge is 2.28. The zero-order valence-electron chi connectivity index (χ0n) is 23.4. The smallest absolute Gasteiger partial charge is 0.259 e. The van der Waals surface area contributed by atoms with Crippen LogP contribution < -0.4 is 15.6 Å². The molecule has 10 heteroatoms. The summed E-state index contributed by atoms with van der Waals surface area (Å²) in [5.41, 5.74) is 1.38. The number of aromatic nitrogens is 3. The number of rotatable bonds is 15. The second-order valence-corrected chi connectivity index (χ2v) is 9.69. The van der Waals surface area contributed by atoms with E-state index in [1.807, 2.05) is 48.5 Å². The molecule has 0 aliphatic rings. The molecule has 2 aromatic heterocycles. The molecule has 4 rings (SSSR count). The molecular weight excluding hydrogens is 536 g/mol. The van der Waals surface area contributed by atoms with Gasteiger partial charge >= 0.3 is 0 Å². The molecule has 2 unspecified atom stereocenters. The fraction of sp³-hybridized carbons (Fsp3) is 0.281. The van der Waals surface area contributed by atoms with E-state index < -0.39 is 29.4 Å². The number of hydrogen-bond acceptors (Lipinski definition) is 8. The molecule has 2 aromatic carbocycles. The summed E-state index contributed by atoms with van der Waals surface area (Å²) in [5.74, 6) is -0.197. The van der Waals surface area contributed by atoms with Gasteiger partial charge in [0, 0.05) is 37.6 Å². The van der Waals surface area contributed by atoms with E-state index in [1.54, 1.807) is 36.5 Å². The molecule has 0 saturated carbocycles. The molecule has 0 aliphatic carbocycles. The lowest BCUT2D eigenvalue weighted by atomic mass is 9.96. The molecule has 2 atom stereocenters. The van der Waals surface area contributed by atoms with Crippen LogP contribution in [0.4, 0.5) is 0 Å². The largest absolute Gasteiger partial charge is 0.478 e. The highest BCUT2D eigenvalue weighted by atomic mass is 16.5. The van der Waals surface area contributed by atoms with Gasteiger partial charge in [0.25, 0.3) is 5.56 Å². The first-order valence-electron chi connectivity index (χ1n) is 13.7. The van der Waals surface area contributed by atoms with Crippen LogP contribution in [0.5, 0.6) is 5.88 Å². The van der Waals surface area contributed by atoms with E-state index in [1.165, 1.54) is 17.9 Å². The number of ketones is 1. The Labute approximate surface area is 244 Å². The standard InChI is InChI=1S/C32H34N4O6/c1-41-22-25-20-34-31(24-13-6-3-7-14-24)36(32(25)40)21-28(38)35-26(19-23-11-4-2-5-12-23)30(39)27(37)15-10-18-42-29-16-8-9-17-33-29/h2-9,11-14,16-17,20,26,30,39H,10,15,18-19,21-22H2,1H3,(H,35,38). The Morgan fingerprint density at radius 2 is 1.69 bits per heavy atom. The van der Waals surface area contributed by atoms with Gasteiger partial charge in [0.15, 0.2) is 5.78 Å². The van der Waals surface area contributed by atoms with Crippen molar-refractivity contribution in [1.82, 2.24) is 19.9 Å². The van der Waals surface area contributed by atoms with Gasteiger partial charge in [0.05, 0.1) is 24.8 Å². The molecule has 10 nitrogen and oxygen atoms in total. The SMILES string of the molecule is COCc1cnc(-c2ccccc2)n(CC(=O)NC(Cc2ccccc2)C(O)C(=O)CCCOc2ccccn2)c1=O. The van der Waals surface area contributed by atoms with Gasteiger partial charge in [-0.25, -0.2) is 9.97 Å². The Morgan fingerprint density at radius 1 is 0.976 bits per heavy atom.